The number of piperazine rings is 1. The molecule has 1 N–H and O–H groups in total. The summed E-state index contributed by atoms with van der Waals surface area (Å²) in [7, 11) is -3.74. The van der Waals surface area contributed by atoms with Gasteiger partial charge in [-0.05, 0) is 25.1 Å². The number of hydrogen-bond donors (Lipinski definition) is 1. The fourth-order valence-corrected chi connectivity index (χ4v) is 4.08. The van der Waals surface area contributed by atoms with Gasteiger partial charge in [0.15, 0.2) is 5.82 Å². The maximum atomic E-state index is 12.8. The van der Waals surface area contributed by atoms with E-state index in [0.717, 1.165) is 0 Å². The van der Waals surface area contributed by atoms with Crippen molar-refractivity contribution in [1.29, 1.82) is 0 Å². The zero-order valence-electron chi connectivity index (χ0n) is 14.1. The van der Waals surface area contributed by atoms with E-state index in [4.69, 9.17) is 4.52 Å². The highest BCUT2D eigenvalue weighted by Gasteiger charge is 2.28. The number of aryl methyl sites for hydroxylation is 1. The second-order valence-electron chi connectivity index (χ2n) is 5.85. The minimum atomic E-state index is -3.74. The van der Waals surface area contributed by atoms with E-state index in [2.05, 4.69) is 10.5 Å². The van der Waals surface area contributed by atoms with Crippen LogP contribution in [0.5, 0.6) is 0 Å². The van der Waals surface area contributed by atoms with Gasteiger partial charge in [0.2, 0.25) is 16.4 Å². The van der Waals surface area contributed by atoms with E-state index in [-0.39, 0.29) is 29.4 Å². The minimum absolute atomic E-state index is 0.0287. The Hall–Kier alpha value is -2.72. The number of rotatable bonds is 5. The first-order valence-electron chi connectivity index (χ1n) is 7.94. The first-order chi connectivity index (χ1) is 12.4. The Balaban J connectivity index is 1.77. The third-order valence-electron chi connectivity index (χ3n) is 4.03. The van der Waals surface area contributed by atoms with Crippen LogP contribution in [0.4, 0.5) is 5.82 Å². The summed E-state index contributed by atoms with van der Waals surface area (Å²) in [5, 5.41) is 6.23. The van der Waals surface area contributed by atoms with Crippen LogP contribution in [0.2, 0.25) is 0 Å². The number of hydrogen-bond acceptors (Lipinski definition) is 6. The van der Waals surface area contributed by atoms with E-state index in [9.17, 15) is 18.0 Å². The minimum Gasteiger partial charge on any atom is -0.360 e. The lowest BCUT2D eigenvalue weighted by Gasteiger charge is -2.31. The predicted octanol–water partition coefficient (Wildman–Crippen LogP) is 0.698. The molecule has 0 spiro atoms. The van der Waals surface area contributed by atoms with Gasteiger partial charge in [-0.3, -0.25) is 9.59 Å². The number of carbonyl (C=O) groups is 2. The number of aromatic nitrogens is 1. The summed E-state index contributed by atoms with van der Waals surface area (Å²) >= 11 is 0. The second kappa shape index (κ2) is 7.26. The van der Waals surface area contributed by atoms with E-state index >= 15 is 0 Å². The highest BCUT2D eigenvalue weighted by molar-refractivity contribution is 7.89. The van der Waals surface area contributed by atoms with Crippen molar-refractivity contribution in [1.82, 2.24) is 14.4 Å². The molecule has 0 bridgehead atoms. The number of nitrogens with one attached hydrogen (secondary N) is 1. The summed E-state index contributed by atoms with van der Waals surface area (Å²) in [5.41, 5.74) is 0.193. The number of nitrogens with zero attached hydrogens (tertiary/aromatic N) is 3. The number of anilines is 1. The Morgan fingerprint density at radius 3 is 2.58 bits per heavy atom. The van der Waals surface area contributed by atoms with E-state index < -0.39 is 15.9 Å². The number of sulfonamides is 1. The lowest BCUT2D eigenvalue weighted by Crippen LogP contribution is -2.47. The van der Waals surface area contributed by atoms with E-state index in [1.165, 1.54) is 33.5 Å². The van der Waals surface area contributed by atoms with Gasteiger partial charge in [-0.15, -0.1) is 0 Å². The van der Waals surface area contributed by atoms with Crippen molar-refractivity contribution in [3.63, 3.8) is 0 Å². The molecule has 2 amide bonds. The third-order valence-corrected chi connectivity index (χ3v) is 5.92. The molecule has 9 nitrogen and oxygen atoms in total. The maximum Gasteiger partial charge on any atom is 0.256 e. The lowest BCUT2D eigenvalue weighted by molar-refractivity contribution is -0.119. The van der Waals surface area contributed by atoms with Crippen LogP contribution >= 0.6 is 0 Å². The van der Waals surface area contributed by atoms with Gasteiger partial charge in [0, 0.05) is 37.8 Å². The quantitative estimate of drug-likeness (QED) is 0.766. The van der Waals surface area contributed by atoms with Crippen molar-refractivity contribution in [3.05, 3.63) is 41.7 Å². The standard InChI is InChI=1S/C16H18N4O5S/c1-12-9-15(18-25-12)17-16(22)13-3-2-4-14(10-13)26(23,24)20-7-5-19(11-21)6-8-20/h2-4,9-11H,5-8H2,1H3,(H,17,18,22). The van der Waals surface area contributed by atoms with E-state index in [1.54, 1.807) is 13.0 Å². The van der Waals surface area contributed by atoms with Crippen molar-refractivity contribution in [3.8, 4) is 0 Å². The fourth-order valence-electron chi connectivity index (χ4n) is 2.61. The summed E-state index contributed by atoms with van der Waals surface area (Å²) < 4.78 is 31.7. The normalized spacial score (nSPS) is 15.7. The van der Waals surface area contributed by atoms with Gasteiger partial charge >= 0.3 is 0 Å². The second-order valence-corrected chi connectivity index (χ2v) is 7.79. The Labute approximate surface area is 150 Å². The number of benzene rings is 1. The zero-order chi connectivity index (χ0) is 18.7. The molecule has 1 aromatic heterocycles. The van der Waals surface area contributed by atoms with Crippen LogP contribution in [0.1, 0.15) is 16.1 Å². The molecule has 0 aliphatic carbocycles. The first-order valence-corrected chi connectivity index (χ1v) is 9.38. The van der Waals surface area contributed by atoms with Crippen LogP contribution in [0, 0.1) is 6.92 Å². The van der Waals surface area contributed by atoms with Crippen LogP contribution < -0.4 is 5.32 Å². The lowest BCUT2D eigenvalue weighted by atomic mass is 10.2. The average Bonchev–Trinajstić information content (AvgIpc) is 3.06. The smallest absolute Gasteiger partial charge is 0.256 e. The van der Waals surface area contributed by atoms with Gasteiger partial charge < -0.3 is 14.7 Å². The van der Waals surface area contributed by atoms with Crippen molar-refractivity contribution in [2.24, 2.45) is 0 Å². The molecule has 2 heterocycles. The molecule has 0 unspecified atom stereocenters. The average molecular weight is 378 g/mol. The molecule has 1 aliphatic heterocycles. The van der Waals surface area contributed by atoms with Crippen molar-refractivity contribution < 1.29 is 22.5 Å². The zero-order valence-corrected chi connectivity index (χ0v) is 14.9. The molecular weight excluding hydrogens is 360 g/mol. The van der Waals surface area contributed by atoms with Gasteiger partial charge in [0.1, 0.15) is 5.76 Å². The molecule has 26 heavy (non-hydrogen) atoms. The predicted molar refractivity (Wildman–Crippen MR) is 92.0 cm³/mol. The SMILES string of the molecule is Cc1cc(NC(=O)c2cccc(S(=O)(=O)N3CCN(C=O)CC3)c2)no1. The number of carbonyl (C=O) groups excluding carboxylic acids is 2. The van der Waals surface area contributed by atoms with Crippen LogP contribution in [-0.2, 0) is 14.8 Å². The van der Waals surface area contributed by atoms with Crippen molar-refractivity contribution in [2.45, 2.75) is 11.8 Å². The Kier molecular flexibility index (Phi) is 5.05. The van der Waals surface area contributed by atoms with Gasteiger partial charge in [0.25, 0.3) is 5.91 Å². The molecule has 0 radical (unpaired) electrons. The molecule has 10 heteroatoms. The number of amides is 2. The van der Waals surface area contributed by atoms with Gasteiger partial charge in [-0.2, -0.15) is 4.31 Å². The van der Waals surface area contributed by atoms with Gasteiger partial charge in [-0.1, -0.05) is 11.2 Å². The summed E-state index contributed by atoms with van der Waals surface area (Å²) in [4.78, 5) is 24.6. The highest BCUT2D eigenvalue weighted by atomic mass is 32.2. The van der Waals surface area contributed by atoms with Crippen LogP contribution in [0.15, 0.2) is 39.8 Å². The van der Waals surface area contributed by atoms with Crippen LogP contribution in [0.3, 0.4) is 0 Å². The van der Waals surface area contributed by atoms with Crippen molar-refractivity contribution >= 4 is 28.2 Å². The topological polar surface area (TPSA) is 113 Å². The first kappa shape index (κ1) is 18.1. The molecule has 3 rings (SSSR count). The van der Waals surface area contributed by atoms with Gasteiger partial charge in [0.05, 0.1) is 4.90 Å². The monoisotopic (exact) mass is 378 g/mol. The third kappa shape index (κ3) is 3.75. The molecule has 0 atom stereocenters. The fraction of sp³-hybridized carbons (Fsp3) is 0.312. The molecule has 1 saturated heterocycles. The van der Waals surface area contributed by atoms with Gasteiger partial charge in [-0.25, -0.2) is 8.42 Å². The molecule has 0 saturated carbocycles. The Bertz CT molecular complexity index is 916. The van der Waals surface area contributed by atoms with E-state index in [1.807, 2.05) is 0 Å². The van der Waals surface area contributed by atoms with Crippen molar-refractivity contribution in [2.75, 3.05) is 31.5 Å². The summed E-state index contributed by atoms with van der Waals surface area (Å²) in [5.74, 6) is 0.318. The van der Waals surface area contributed by atoms with E-state index in [0.29, 0.717) is 25.3 Å². The molecule has 1 aliphatic rings. The molecule has 138 valence electrons. The maximum absolute atomic E-state index is 12.8. The largest absolute Gasteiger partial charge is 0.360 e. The summed E-state index contributed by atoms with van der Waals surface area (Å²) in [6, 6.07) is 7.36. The molecule has 1 aromatic carbocycles. The Morgan fingerprint density at radius 1 is 1.23 bits per heavy atom. The molecule has 1 fully saturated rings. The summed E-state index contributed by atoms with van der Waals surface area (Å²) in [6.07, 6.45) is 0.709. The van der Waals surface area contributed by atoms with Crippen LogP contribution in [-0.4, -0.2) is 61.3 Å². The molecule has 2 aromatic rings. The Morgan fingerprint density at radius 2 is 1.96 bits per heavy atom. The highest BCUT2D eigenvalue weighted by Crippen LogP contribution is 2.19. The summed E-state index contributed by atoms with van der Waals surface area (Å²) in [6.45, 7) is 2.81. The molecular formula is C16H18N4O5S. The van der Waals surface area contributed by atoms with Crippen LogP contribution in [0.25, 0.3) is 0 Å².